The first-order chi connectivity index (χ1) is 12.6. The van der Waals surface area contributed by atoms with Gasteiger partial charge in [0.05, 0.1) is 0 Å². The van der Waals surface area contributed by atoms with Crippen LogP contribution in [0, 0.1) is 0 Å². The number of nitrogens with two attached hydrogens (primary N) is 1. The molecule has 0 fully saturated rings. The Morgan fingerprint density at radius 2 is 1.65 bits per heavy atom. The maximum Gasteiger partial charge on any atom is 0.310 e. The fraction of sp³-hybridized carbons (Fsp3) is 0.412. The van der Waals surface area contributed by atoms with Crippen molar-refractivity contribution in [3.63, 3.8) is 0 Å². The summed E-state index contributed by atoms with van der Waals surface area (Å²) >= 11 is 0. The number of methoxy groups -OCH3 is 3. The lowest BCUT2D eigenvalue weighted by Gasteiger charge is -2.29. The molecule has 0 aliphatic heterocycles. The summed E-state index contributed by atoms with van der Waals surface area (Å²) in [5.41, 5.74) is 6.42. The van der Waals surface area contributed by atoms with E-state index >= 15 is 0 Å². The van der Waals surface area contributed by atoms with E-state index in [1.165, 1.54) is 21.3 Å². The second kappa shape index (κ2) is 9.88. The normalized spacial score (nSPS) is 11.3. The largest absolute Gasteiger partial charge is 0.472 e. The van der Waals surface area contributed by atoms with Gasteiger partial charge in [0.1, 0.15) is 24.8 Å². The highest BCUT2D eigenvalue weighted by atomic mass is 16.9. The number of anilines is 1. The summed E-state index contributed by atoms with van der Waals surface area (Å²) < 4.78 is 31.9. The van der Waals surface area contributed by atoms with Gasteiger partial charge in [0.2, 0.25) is 5.88 Å². The molecule has 0 radical (unpaired) electrons. The fourth-order valence-corrected chi connectivity index (χ4v) is 1.97. The molecule has 0 bridgehead atoms. The van der Waals surface area contributed by atoms with E-state index in [9.17, 15) is 0 Å². The molecule has 2 aromatic rings. The van der Waals surface area contributed by atoms with Crippen molar-refractivity contribution in [1.82, 2.24) is 10.2 Å². The number of hydrogen-bond acceptors (Lipinski definition) is 9. The van der Waals surface area contributed by atoms with E-state index in [2.05, 4.69) is 10.2 Å². The van der Waals surface area contributed by atoms with Crippen LogP contribution >= 0.6 is 0 Å². The predicted molar refractivity (Wildman–Crippen MR) is 92.4 cm³/mol. The third-order valence-electron chi connectivity index (χ3n) is 3.42. The second-order valence-electron chi connectivity index (χ2n) is 5.16. The average molecular weight is 365 g/mol. The van der Waals surface area contributed by atoms with Gasteiger partial charge in [-0.1, -0.05) is 12.1 Å². The van der Waals surface area contributed by atoms with Crippen LogP contribution in [0.4, 0.5) is 5.82 Å². The molecule has 26 heavy (non-hydrogen) atoms. The fourth-order valence-electron chi connectivity index (χ4n) is 1.97. The molecular weight excluding hydrogens is 342 g/mol. The van der Waals surface area contributed by atoms with Crippen LogP contribution in [0.15, 0.2) is 36.4 Å². The van der Waals surface area contributed by atoms with Crippen molar-refractivity contribution in [3.8, 4) is 11.6 Å². The van der Waals surface area contributed by atoms with E-state index in [1.807, 2.05) is 12.1 Å². The van der Waals surface area contributed by atoms with Gasteiger partial charge in [-0.2, -0.15) is 0 Å². The van der Waals surface area contributed by atoms with E-state index < -0.39 is 5.97 Å². The van der Waals surface area contributed by atoms with Crippen molar-refractivity contribution in [2.45, 2.75) is 12.6 Å². The van der Waals surface area contributed by atoms with E-state index in [4.69, 9.17) is 34.2 Å². The minimum atomic E-state index is -1.30. The topological polar surface area (TPSA) is 107 Å². The van der Waals surface area contributed by atoms with Crippen LogP contribution in [0.5, 0.6) is 11.6 Å². The van der Waals surface area contributed by atoms with Gasteiger partial charge in [0.15, 0.2) is 6.79 Å². The van der Waals surface area contributed by atoms with Crippen molar-refractivity contribution < 1.29 is 28.4 Å². The Morgan fingerprint density at radius 1 is 0.923 bits per heavy atom. The smallest absolute Gasteiger partial charge is 0.310 e. The van der Waals surface area contributed by atoms with Gasteiger partial charge in [-0.05, 0) is 23.8 Å². The summed E-state index contributed by atoms with van der Waals surface area (Å²) in [5.74, 6) is 0.0708. The highest BCUT2D eigenvalue weighted by Crippen LogP contribution is 2.17. The second-order valence-corrected chi connectivity index (χ2v) is 5.16. The lowest BCUT2D eigenvalue weighted by molar-refractivity contribution is -0.387. The number of rotatable bonds is 11. The number of aromatic nitrogens is 2. The van der Waals surface area contributed by atoms with Crippen LogP contribution in [0.1, 0.15) is 5.56 Å². The quantitative estimate of drug-likeness (QED) is 0.594. The van der Waals surface area contributed by atoms with Gasteiger partial charge in [-0.3, -0.25) is 4.74 Å². The number of hydrogen-bond donors (Lipinski definition) is 1. The van der Waals surface area contributed by atoms with Crippen LogP contribution in [0.25, 0.3) is 0 Å². The van der Waals surface area contributed by atoms with Crippen molar-refractivity contribution in [3.05, 3.63) is 42.0 Å². The summed E-state index contributed by atoms with van der Waals surface area (Å²) in [4.78, 5) is 0. The molecular formula is C17H23N3O6. The summed E-state index contributed by atoms with van der Waals surface area (Å²) in [6, 6.07) is 10.6. The molecule has 1 aromatic carbocycles. The third-order valence-corrected chi connectivity index (χ3v) is 3.42. The Kier molecular flexibility index (Phi) is 7.54. The van der Waals surface area contributed by atoms with E-state index in [0.29, 0.717) is 24.1 Å². The molecule has 9 heteroatoms. The maximum absolute atomic E-state index is 5.53. The molecule has 1 heterocycles. The van der Waals surface area contributed by atoms with Crippen molar-refractivity contribution in [2.75, 3.05) is 40.5 Å². The monoisotopic (exact) mass is 365 g/mol. The first kappa shape index (κ1) is 19.9. The van der Waals surface area contributed by atoms with E-state index in [1.54, 1.807) is 24.3 Å². The zero-order valence-corrected chi connectivity index (χ0v) is 15.0. The molecule has 1 aromatic heterocycles. The van der Waals surface area contributed by atoms with Crippen LogP contribution < -0.4 is 15.2 Å². The van der Waals surface area contributed by atoms with Gasteiger partial charge in [-0.15, -0.1) is 10.2 Å². The van der Waals surface area contributed by atoms with Crippen LogP contribution in [-0.4, -0.2) is 50.9 Å². The Bertz CT molecular complexity index is 647. The van der Waals surface area contributed by atoms with E-state index in [0.717, 1.165) is 5.56 Å². The lowest BCUT2D eigenvalue weighted by atomic mass is 10.2. The number of nitrogen functional groups attached to an aromatic ring is 1. The summed E-state index contributed by atoms with van der Waals surface area (Å²) in [6.07, 6.45) is 0. The zero-order chi connectivity index (χ0) is 18.8. The Balaban J connectivity index is 1.80. The molecule has 0 spiro atoms. The molecule has 2 rings (SSSR count). The van der Waals surface area contributed by atoms with Crippen LogP contribution in [0.3, 0.4) is 0 Å². The van der Waals surface area contributed by atoms with Gasteiger partial charge >= 0.3 is 5.97 Å². The molecule has 0 aliphatic carbocycles. The average Bonchev–Trinajstić information content (AvgIpc) is 2.68. The maximum atomic E-state index is 5.53. The zero-order valence-electron chi connectivity index (χ0n) is 15.0. The first-order valence-corrected chi connectivity index (χ1v) is 7.78. The Hall–Kier alpha value is -2.46. The van der Waals surface area contributed by atoms with Crippen molar-refractivity contribution >= 4 is 5.82 Å². The molecule has 142 valence electrons. The SMILES string of the molecule is COCC(OC)(OC)OCOc1ccc(COc2ccc(N)nn2)cc1. The minimum absolute atomic E-state index is 0.0675. The summed E-state index contributed by atoms with van der Waals surface area (Å²) in [6.45, 7) is 0.384. The molecule has 0 saturated heterocycles. The van der Waals surface area contributed by atoms with Gasteiger partial charge in [0.25, 0.3) is 0 Å². The summed E-state index contributed by atoms with van der Waals surface area (Å²) in [5, 5.41) is 7.56. The number of nitrogens with zero attached hydrogens (tertiary/aromatic N) is 2. The highest BCUT2D eigenvalue weighted by Gasteiger charge is 2.31. The van der Waals surface area contributed by atoms with Gasteiger partial charge < -0.3 is 29.4 Å². The summed E-state index contributed by atoms with van der Waals surface area (Å²) in [7, 11) is 4.44. The Morgan fingerprint density at radius 3 is 2.23 bits per heavy atom. The standard InChI is InChI=1S/C17H23N3O6/c1-21-11-17(22-2,23-3)26-12-25-14-6-4-13(5-7-14)10-24-16-9-8-15(18)19-20-16/h4-9H,10-12H2,1-3H3,(H2,18,19). The third kappa shape index (κ3) is 5.81. The van der Waals surface area contributed by atoms with E-state index in [-0.39, 0.29) is 13.4 Å². The molecule has 9 nitrogen and oxygen atoms in total. The Labute approximate surface area is 151 Å². The molecule has 0 atom stereocenters. The van der Waals surface area contributed by atoms with Crippen LogP contribution in [-0.2, 0) is 25.6 Å². The van der Waals surface area contributed by atoms with Crippen LogP contribution in [0.2, 0.25) is 0 Å². The molecule has 0 amide bonds. The lowest BCUT2D eigenvalue weighted by Crippen LogP contribution is -2.42. The predicted octanol–water partition coefficient (Wildman–Crippen LogP) is 1.58. The number of ether oxygens (including phenoxy) is 6. The van der Waals surface area contributed by atoms with Crippen molar-refractivity contribution in [2.24, 2.45) is 0 Å². The molecule has 2 N–H and O–H groups in total. The highest BCUT2D eigenvalue weighted by molar-refractivity contribution is 5.29. The van der Waals surface area contributed by atoms with Gasteiger partial charge in [-0.25, -0.2) is 0 Å². The minimum Gasteiger partial charge on any atom is -0.472 e. The first-order valence-electron chi connectivity index (χ1n) is 7.78. The molecule has 0 saturated carbocycles. The molecule has 0 aliphatic rings. The van der Waals surface area contributed by atoms with Gasteiger partial charge in [0, 0.05) is 27.4 Å². The van der Waals surface area contributed by atoms with Crippen molar-refractivity contribution in [1.29, 1.82) is 0 Å². The molecule has 0 unspecified atom stereocenters. The number of benzene rings is 1.